The highest BCUT2D eigenvalue weighted by atomic mass is 19.4. The molecule has 0 aliphatic carbocycles. The number of aliphatic hydroxyl groups is 1. The van der Waals surface area contributed by atoms with Gasteiger partial charge in [0.05, 0.1) is 6.10 Å². The summed E-state index contributed by atoms with van der Waals surface area (Å²) in [7, 11) is 1.49. The Balaban J connectivity index is 2.20. The summed E-state index contributed by atoms with van der Waals surface area (Å²) in [6.07, 6.45) is -3.42. The highest BCUT2D eigenvalue weighted by molar-refractivity contribution is 5.45. The van der Waals surface area contributed by atoms with Gasteiger partial charge in [0.15, 0.2) is 5.69 Å². The minimum Gasteiger partial charge on any atom is -0.393 e. The van der Waals surface area contributed by atoms with Crippen LogP contribution < -0.4 is 10.2 Å². The molecular formula is C13H19F3N4O. The first-order chi connectivity index (χ1) is 9.81. The van der Waals surface area contributed by atoms with Gasteiger partial charge in [-0.2, -0.15) is 18.2 Å². The van der Waals surface area contributed by atoms with E-state index in [1.54, 1.807) is 11.8 Å². The fourth-order valence-electron chi connectivity index (χ4n) is 2.46. The molecule has 1 saturated heterocycles. The van der Waals surface area contributed by atoms with Crippen LogP contribution in [-0.4, -0.2) is 41.3 Å². The molecule has 21 heavy (non-hydrogen) atoms. The molecule has 1 unspecified atom stereocenters. The predicted molar refractivity (Wildman–Crippen MR) is 73.2 cm³/mol. The molecule has 118 valence electrons. The average molecular weight is 304 g/mol. The zero-order valence-corrected chi connectivity index (χ0v) is 12.0. The van der Waals surface area contributed by atoms with Crippen LogP contribution in [0.1, 0.15) is 25.5 Å². The van der Waals surface area contributed by atoms with Crippen molar-refractivity contribution in [2.75, 3.05) is 30.4 Å². The third kappa shape index (κ3) is 3.75. The predicted octanol–water partition coefficient (Wildman–Crippen LogP) is 2.13. The number of hydrogen-bond acceptors (Lipinski definition) is 5. The van der Waals surface area contributed by atoms with Crippen LogP contribution in [0.3, 0.4) is 0 Å². The summed E-state index contributed by atoms with van der Waals surface area (Å²) in [5.74, 6) is 0.414. The van der Waals surface area contributed by atoms with Gasteiger partial charge in [-0.15, -0.1) is 0 Å². The zero-order chi connectivity index (χ0) is 15.6. The lowest BCUT2D eigenvalue weighted by atomic mass is 9.92. The molecule has 2 rings (SSSR count). The Hall–Kier alpha value is -1.57. The number of aliphatic hydroxyl groups excluding tert-OH is 1. The van der Waals surface area contributed by atoms with Gasteiger partial charge < -0.3 is 15.3 Å². The Morgan fingerprint density at radius 3 is 2.43 bits per heavy atom. The molecular weight excluding hydrogens is 285 g/mol. The summed E-state index contributed by atoms with van der Waals surface area (Å²) >= 11 is 0. The van der Waals surface area contributed by atoms with Crippen LogP contribution in [0.4, 0.5) is 24.9 Å². The monoisotopic (exact) mass is 304 g/mol. The SMILES string of the molecule is CNc1nc(N2CCC(C(C)O)CC2)cc(C(F)(F)F)n1. The number of hydrogen-bond donors (Lipinski definition) is 2. The van der Waals surface area contributed by atoms with Gasteiger partial charge in [-0.3, -0.25) is 0 Å². The first-order valence-corrected chi connectivity index (χ1v) is 6.88. The number of piperidine rings is 1. The van der Waals surface area contributed by atoms with Gasteiger partial charge in [-0.25, -0.2) is 4.98 Å². The third-order valence-electron chi connectivity index (χ3n) is 3.77. The molecule has 8 heteroatoms. The van der Waals surface area contributed by atoms with E-state index in [0.29, 0.717) is 13.1 Å². The molecule has 1 atom stereocenters. The number of anilines is 2. The van der Waals surface area contributed by atoms with E-state index < -0.39 is 18.0 Å². The zero-order valence-electron chi connectivity index (χ0n) is 12.0. The maximum absolute atomic E-state index is 12.8. The summed E-state index contributed by atoms with van der Waals surface area (Å²) in [6, 6.07) is 0.976. The summed E-state index contributed by atoms with van der Waals surface area (Å²) < 4.78 is 38.5. The van der Waals surface area contributed by atoms with E-state index in [1.165, 1.54) is 7.05 Å². The van der Waals surface area contributed by atoms with Crippen molar-refractivity contribution in [3.8, 4) is 0 Å². The van der Waals surface area contributed by atoms with Crippen LogP contribution >= 0.6 is 0 Å². The quantitative estimate of drug-likeness (QED) is 0.896. The van der Waals surface area contributed by atoms with E-state index in [4.69, 9.17) is 0 Å². The van der Waals surface area contributed by atoms with Crippen LogP contribution in [0.2, 0.25) is 0 Å². The fourth-order valence-corrected chi connectivity index (χ4v) is 2.46. The normalized spacial score (nSPS) is 18.7. The van der Waals surface area contributed by atoms with Crippen molar-refractivity contribution in [2.24, 2.45) is 5.92 Å². The van der Waals surface area contributed by atoms with Gasteiger partial charge in [0.2, 0.25) is 5.95 Å². The van der Waals surface area contributed by atoms with Crippen LogP contribution in [0, 0.1) is 5.92 Å². The molecule has 0 saturated carbocycles. The van der Waals surface area contributed by atoms with Gasteiger partial charge in [0, 0.05) is 26.2 Å². The molecule has 1 aromatic rings. The van der Waals surface area contributed by atoms with Gasteiger partial charge in [-0.1, -0.05) is 0 Å². The van der Waals surface area contributed by atoms with E-state index in [1.807, 2.05) is 0 Å². The molecule has 0 aromatic carbocycles. The molecule has 1 fully saturated rings. The maximum atomic E-state index is 12.8. The third-order valence-corrected chi connectivity index (χ3v) is 3.77. The smallest absolute Gasteiger partial charge is 0.393 e. The van der Waals surface area contributed by atoms with Crippen LogP contribution in [0.25, 0.3) is 0 Å². The van der Waals surface area contributed by atoms with E-state index in [9.17, 15) is 18.3 Å². The van der Waals surface area contributed by atoms with E-state index in [2.05, 4.69) is 15.3 Å². The van der Waals surface area contributed by atoms with Crippen molar-refractivity contribution in [1.29, 1.82) is 0 Å². The molecule has 0 spiro atoms. The van der Waals surface area contributed by atoms with Gasteiger partial charge in [0.1, 0.15) is 5.82 Å². The summed E-state index contributed by atoms with van der Waals surface area (Å²) in [5, 5.41) is 12.1. The fraction of sp³-hybridized carbons (Fsp3) is 0.692. The Bertz CT molecular complexity index is 485. The van der Waals surface area contributed by atoms with Crippen molar-refractivity contribution in [3.05, 3.63) is 11.8 Å². The maximum Gasteiger partial charge on any atom is 0.433 e. The van der Waals surface area contributed by atoms with Crippen molar-refractivity contribution in [3.63, 3.8) is 0 Å². The molecule has 5 nitrogen and oxygen atoms in total. The number of aromatic nitrogens is 2. The lowest BCUT2D eigenvalue weighted by molar-refractivity contribution is -0.141. The van der Waals surface area contributed by atoms with Gasteiger partial charge >= 0.3 is 6.18 Å². The highest BCUT2D eigenvalue weighted by Crippen LogP contribution is 2.32. The number of alkyl halides is 3. The molecule has 2 heterocycles. The second-order valence-corrected chi connectivity index (χ2v) is 5.25. The second-order valence-electron chi connectivity index (χ2n) is 5.25. The lowest BCUT2D eigenvalue weighted by Gasteiger charge is -2.34. The lowest BCUT2D eigenvalue weighted by Crippen LogP contribution is -2.37. The van der Waals surface area contributed by atoms with Crippen LogP contribution in [0.5, 0.6) is 0 Å². The van der Waals surface area contributed by atoms with Crippen molar-refractivity contribution in [1.82, 2.24) is 9.97 Å². The van der Waals surface area contributed by atoms with E-state index in [0.717, 1.165) is 18.9 Å². The van der Waals surface area contributed by atoms with Crippen molar-refractivity contribution < 1.29 is 18.3 Å². The van der Waals surface area contributed by atoms with Crippen molar-refractivity contribution >= 4 is 11.8 Å². The van der Waals surface area contributed by atoms with Gasteiger partial charge in [0.25, 0.3) is 0 Å². The average Bonchev–Trinajstić information content (AvgIpc) is 2.46. The molecule has 1 aromatic heterocycles. The molecule has 1 aliphatic rings. The highest BCUT2D eigenvalue weighted by Gasteiger charge is 2.34. The van der Waals surface area contributed by atoms with Crippen LogP contribution in [0.15, 0.2) is 6.07 Å². The molecule has 0 bridgehead atoms. The molecule has 1 aliphatic heterocycles. The van der Waals surface area contributed by atoms with Gasteiger partial charge in [-0.05, 0) is 25.7 Å². The number of halogens is 3. The van der Waals surface area contributed by atoms with E-state index in [-0.39, 0.29) is 17.7 Å². The second kappa shape index (κ2) is 6.05. The first-order valence-electron chi connectivity index (χ1n) is 6.88. The Labute approximate surface area is 121 Å². The Morgan fingerprint density at radius 2 is 1.95 bits per heavy atom. The Kier molecular flexibility index (Phi) is 4.55. The van der Waals surface area contributed by atoms with Crippen molar-refractivity contribution in [2.45, 2.75) is 32.0 Å². The summed E-state index contributed by atoms with van der Waals surface area (Å²) in [5.41, 5.74) is -0.950. The summed E-state index contributed by atoms with van der Waals surface area (Å²) in [6.45, 7) is 2.89. The standard InChI is InChI=1S/C13H19F3N4O/c1-8(21)9-3-5-20(6-4-9)11-7-10(13(14,15)16)18-12(17-2)19-11/h7-9,21H,3-6H2,1-2H3,(H,17,18,19). The number of rotatable bonds is 3. The Morgan fingerprint density at radius 1 is 1.33 bits per heavy atom. The topological polar surface area (TPSA) is 61.3 Å². The first kappa shape index (κ1) is 15.8. The minimum atomic E-state index is -4.50. The number of nitrogens with zero attached hydrogens (tertiary/aromatic N) is 3. The number of nitrogens with one attached hydrogen (secondary N) is 1. The van der Waals surface area contributed by atoms with Crippen LogP contribution in [-0.2, 0) is 6.18 Å². The van der Waals surface area contributed by atoms with E-state index >= 15 is 0 Å². The molecule has 0 radical (unpaired) electrons. The molecule has 0 amide bonds. The summed E-state index contributed by atoms with van der Waals surface area (Å²) in [4.78, 5) is 9.35. The largest absolute Gasteiger partial charge is 0.433 e. The molecule has 2 N–H and O–H groups in total. The minimum absolute atomic E-state index is 0.0440.